The third-order valence-corrected chi connectivity index (χ3v) is 7.65. The van der Waals surface area contributed by atoms with Gasteiger partial charge in [-0.25, -0.2) is 18.3 Å². The molecule has 0 radical (unpaired) electrons. The van der Waals surface area contributed by atoms with Crippen LogP contribution in [-0.4, -0.2) is 51.3 Å². The second-order valence-corrected chi connectivity index (χ2v) is 12.9. The van der Waals surface area contributed by atoms with E-state index >= 15 is 0 Å². The molecule has 1 aliphatic rings. The molecule has 3 rings (SSSR count). The summed E-state index contributed by atoms with van der Waals surface area (Å²) in [5, 5.41) is 0. The summed E-state index contributed by atoms with van der Waals surface area (Å²) in [4.78, 5) is 16.1. The van der Waals surface area contributed by atoms with Crippen LogP contribution in [0.25, 0.3) is 11.3 Å². The number of ether oxygens (including phenoxy) is 1. The fraction of sp³-hybridized carbons (Fsp3) is 0.391. The highest BCUT2D eigenvalue weighted by Gasteiger charge is 2.47. The molecule has 184 valence electrons. The molecule has 0 amide bonds. The zero-order valence-corrected chi connectivity index (χ0v) is 20.8. The Hall–Kier alpha value is -2.29. The molecule has 3 unspecified atom stereocenters. The Morgan fingerprint density at radius 3 is 2.44 bits per heavy atom. The molecule has 0 spiro atoms. The van der Waals surface area contributed by atoms with Crippen molar-refractivity contribution >= 4 is 36.0 Å². The number of aromatic nitrogens is 1. The largest absolute Gasteiger partial charge is 0.489 e. The molecule has 1 N–H and O–H groups in total. The maximum absolute atomic E-state index is 13.5. The number of halogens is 4. The van der Waals surface area contributed by atoms with Crippen molar-refractivity contribution in [1.82, 2.24) is 9.71 Å². The lowest BCUT2D eigenvalue weighted by molar-refractivity contribution is -0.0888. The van der Waals surface area contributed by atoms with Crippen LogP contribution in [0, 0.1) is 5.82 Å². The summed E-state index contributed by atoms with van der Waals surface area (Å²) < 4.78 is 74.9. The predicted molar refractivity (Wildman–Crippen MR) is 129 cm³/mol. The van der Waals surface area contributed by atoms with Crippen LogP contribution in [0.3, 0.4) is 0 Å². The van der Waals surface area contributed by atoms with Gasteiger partial charge in [0, 0.05) is 11.1 Å². The number of alkyl halides is 3. The van der Waals surface area contributed by atoms with Crippen LogP contribution >= 0.6 is 7.17 Å². The minimum absolute atomic E-state index is 0.0243. The van der Waals surface area contributed by atoms with Crippen molar-refractivity contribution in [1.29, 1.82) is 0 Å². The summed E-state index contributed by atoms with van der Waals surface area (Å²) in [6.07, 6.45) is -0.921. The summed E-state index contributed by atoms with van der Waals surface area (Å²) in [5.74, 6) is -0.608. The van der Waals surface area contributed by atoms with E-state index in [2.05, 4.69) is 16.0 Å². The Labute approximate surface area is 198 Å². The van der Waals surface area contributed by atoms with Crippen molar-refractivity contribution in [2.75, 3.05) is 13.3 Å². The normalized spacial score (nSPS) is 19.5. The standard InChI is InChI=1S/C23H25F4N2O3PS/c1-21(2,3)34(31)29-22(10-11-33(4)5)13-32-19-16(22)12-17(20(30)23(25,26)27)28-18(19)14-6-8-15(24)9-7-14/h6-9,11-12,29H,4,10,13H2,1-3,5H3. The van der Waals surface area contributed by atoms with Gasteiger partial charge in [0.05, 0.1) is 21.3 Å². The summed E-state index contributed by atoms with van der Waals surface area (Å²) in [5.41, 5.74) is -1.51. The van der Waals surface area contributed by atoms with Crippen LogP contribution < -0.4 is 9.46 Å². The molecule has 0 bridgehead atoms. The van der Waals surface area contributed by atoms with Crippen molar-refractivity contribution in [3.63, 3.8) is 0 Å². The number of rotatable bonds is 6. The van der Waals surface area contributed by atoms with Gasteiger partial charge in [0.2, 0.25) is 0 Å². The fourth-order valence-corrected chi connectivity index (χ4v) is 4.85. The second kappa shape index (κ2) is 9.40. The molecule has 1 aromatic carbocycles. The van der Waals surface area contributed by atoms with Gasteiger partial charge in [-0.3, -0.25) is 4.79 Å². The van der Waals surface area contributed by atoms with Gasteiger partial charge in [0.25, 0.3) is 5.78 Å². The molecule has 2 aromatic rings. The van der Waals surface area contributed by atoms with Gasteiger partial charge in [-0.1, -0.05) is 12.1 Å². The molecule has 3 atom stereocenters. The van der Waals surface area contributed by atoms with E-state index in [1.165, 1.54) is 12.1 Å². The van der Waals surface area contributed by atoms with E-state index in [9.17, 15) is 26.6 Å². The summed E-state index contributed by atoms with van der Waals surface area (Å²) in [6.45, 7) is 7.12. The predicted octanol–water partition coefficient (Wildman–Crippen LogP) is 5.01. The first kappa shape index (κ1) is 26.3. The molecule has 1 aliphatic heterocycles. The molecule has 0 aliphatic carbocycles. The van der Waals surface area contributed by atoms with E-state index in [-0.39, 0.29) is 35.6 Å². The number of hydrogen-bond donors (Lipinski definition) is 1. The van der Waals surface area contributed by atoms with Gasteiger partial charge >= 0.3 is 6.18 Å². The van der Waals surface area contributed by atoms with Crippen molar-refractivity contribution in [3.05, 3.63) is 47.4 Å². The summed E-state index contributed by atoms with van der Waals surface area (Å²) >= 11 is 0. The van der Waals surface area contributed by atoms with Gasteiger partial charge in [-0.05, 0) is 64.2 Å². The Bertz CT molecular complexity index is 1220. The minimum Gasteiger partial charge on any atom is -0.489 e. The summed E-state index contributed by atoms with van der Waals surface area (Å²) in [7, 11) is -2.38. The molecular weight excluding hydrogens is 491 g/mol. The van der Waals surface area contributed by atoms with E-state index < -0.39 is 51.9 Å². The molecule has 2 heterocycles. The molecule has 0 saturated carbocycles. The van der Waals surface area contributed by atoms with E-state index in [4.69, 9.17) is 4.74 Å². The number of nitrogens with zero attached hydrogens (tertiary/aromatic N) is 1. The molecule has 34 heavy (non-hydrogen) atoms. The Morgan fingerprint density at radius 1 is 1.29 bits per heavy atom. The number of hydrogen-bond acceptors (Lipinski definition) is 4. The molecule has 11 heteroatoms. The van der Waals surface area contributed by atoms with E-state index in [0.717, 1.165) is 18.2 Å². The lowest BCUT2D eigenvalue weighted by Gasteiger charge is -2.31. The number of Topliss-reactive ketones (excluding diaryl/α,β-unsaturated/α-hetero) is 1. The summed E-state index contributed by atoms with van der Waals surface area (Å²) in [6, 6.07) is 6.01. The molecule has 0 saturated heterocycles. The zero-order valence-electron chi connectivity index (χ0n) is 19.1. The van der Waals surface area contributed by atoms with Gasteiger partial charge in [0.15, 0.2) is 5.75 Å². The van der Waals surface area contributed by atoms with Crippen molar-refractivity contribution in [2.24, 2.45) is 0 Å². The topological polar surface area (TPSA) is 68.3 Å². The highest BCUT2D eigenvalue weighted by atomic mass is 32.2. The van der Waals surface area contributed by atoms with E-state index in [1.54, 1.807) is 20.8 Å². The first-order valence-corrected chi connectivity index (χ1v) is 13.5. The van der Waals surface area contributed by atoms with Crippen LogP contribution in [0.5, 0.6) is 5.75 Å². The first-order valence-electron chi connectivity index (χ1n) is 10.3. The number of carbonyl (C=O) groups is 1. The number of pyridine rings is 1. The smallest absolute Gasteiger partial charge is 0.456 e. The Balaban J connectivity index is 2.30. The van der Waals surface area contributed by atoms with Gasteiger partial charge in [-0.2, -0.15) is 13.2 Å². The Morgan fingerprint density at radius 2 is 1.91 bits per heavy atom. The molecule has 1 aromatic heterocycles. The molecule has 5 nitrogen and oxygen atoms in total. The van der Waals surface area contributed by atoms with Crippen molar-refractivity contribution in [2.45, 2.75) is 43.7 Å². The number of carbonyl (C=O) groups excluding carboxylic acids is 1. The average molecular weight is 516 g/mol. The monoisotopic (exact) mass is 516 g/mol. The number of benzene rings is 1. The first-order chi connectivity index (χ1) is 15.6. The van der Waals surface area contributed by atoms with Crippen molar-refractivity contribution in [3.8, 4) is 17.0 Å². The maximum atomic E-state index is 13.5. The van der Waals surface area contributed by atoms with E-state index in [1.807, 2.05) is 12.5 Å². The molecular formula is C23H25F4N2O3PS. The number of nitrogens with one attached hydrogen (secondary N) is 1. The fourth-order valence-electron chi connectivity index (χ4n) is 3.31. The van der Waals surface area contributed by atoms with Crippen LogP contribution in [-0.2, 0) is 16.5 Å². The molecule has 0 fully saturated rings. The van der Waals surface area contributed by atoms with E-state index in [0.29, 0.717) is 0 Å². The Kier molecular flexibility index (Phi) is 7.27. The highest BCUT2D eigenvalue weighted by Crippen LogP contribution is 2.46. The van der Waals surface area contributed by atoms with Gasteiger partial charge in [-0.15, -0.1) is 7.17 Å². The van der Waals surface area contributed by atoms with Gasteiger partial charge in [0.1, 0.15) is 23.8 Å². The van der Waals surface area contributed by atoms with Crippen LogP contribution in [0.4, 0.5) is 17.6 Å². The third kappa shape index (κ3) is 5.50. The van der Waals surface area contributed by atoms with Crippen LogP contribution in [0.2, 0.25) is 0 Å². The minimum atomic E-state index is -5.15. The van der Waals surface area contributed by atoms with Crippen LogP contribution in [0.15, 0.2) is 30.3 Å². The van der Waals surface area contributed by atoms with Crippen LogP contribution in [0.1, 0.15) is 43.2 Å². The number of ketones is 1. The SMILES string of the molecule is C=P(C)=CCC1(NS(=O)C(C)(C)C)COc2c1cc(C(=O)C(F)(F)F)nc2-c1ccc(F)cc1. The zero-order chi connectivity index (χ0) is 25.5. The third-order valence-electron chi connectivity index (χ3n) is 5.15. The number of fused-ring (bicyclic) bond motifs is 1. The lowest BCUT2D eigenvalue weighted by Crippen LogP contribution is -2.49. The average Bonchev–Trinajstić information content (AvgIpc) is 3.09. The van der Waals surface area contributed by atoms with Crippen molar-refractivity contribution < 1.29 is 31.3 Å². The second-order valence-electron chi connectivity index (χ2n) is 9.06. The maximum Gasteiger partial charge on any atom is 0.456 e. The highest BCUT2D eigenvalue weighted by molar-refractivity contribution is 7.84. The lowest BCUT2D eigenvalue weighted by atomic mass is 9.89. The quantitative estimate of drug-likeness (QED) is 0.333. The van der Waals surface area contributed by atoms with Gasteiger partial charge < -0.3 is 4.74 Å².